The summed E-state index contributed by atoms with van der Waals surface area (Å²) >= 11 is 0. The van der Waals surface area contributed by atoms with E-state index in [9.17, 15) is 22.4 Å². The highest BCUT2D eigenvalue weighted by atomic mass is 32.2. The average molecular weight is 533 g/mol. The highest BCUT2D eigenvalue weighted by Crippen LogP contribution is 2.35. The van der Waals surface area contributed by atoms with Crippen molar-refractivity contribution in [2.45, 2.75) is 31.2 Å². The molecule has 37 heavy (non-hydrogen) atoms. The quantitative estimate of drug-likeness (QED) is 0.517. The summed E-state index contributed by atoms with van der Waals surface area (Å²) in [7, 11) is -2.58. The molecule has 0 aliphatic carbocycles. The van der Waals surface area contributed by atoms with E-state index < -0.39 is 33.7 Å². The maximum Gasteiger partial charge on any atom is 0.311 e. The molecule has 2 atom stereocenters. The summed E-state index contributed by atoms with van der Waals surface area (Å²) < 4.78 is 55.6. The Morgan fingerprint density at radius 2 is 2.03 bits per heavy atom. The third-order valence-electron chi connectivity index (χ3n) is 6.52. The molecule has 12 nitrogen and oxygen atoms in total. The Morgan fingerprint density at radius 3 is 2.73 bits per heavy atom. The van der Waals surface area contributed by atoms with Crippen molar-refractivity contribution in [3.63, 3.8) is 0 Å². The number of fused-ring (bicyclic) bond motifs is 2. The van der Waals surface area contributed by atoms with Crippen LogP contribution in [-0.4, -0.2) is 65.6 Å². The van der Waals surface area contributed by atoms with Crippen molar-refractivity contribution in [1.29, 1.82) is 0 Å². The summed E-state index contributed by atoms with van der Waals surface area (Å²) in [4.78, 5) is 27.2. The van der Waals surface area contributed by atoms with Crippen molar-refractivity contribution >= 4 is 27.5 Å². The Hall–Kier alpha value is -3.78. The number of carbonyl (C=O) groups excluding carboxylic acids is 2. The number of sulfonamides is 1. The lowest BCUT2D eigenvalue weighted by atomic mass is 9.93. The lowest BCUT2D eigenvalue weighted by molar-refractivity contribution is 0.0562. The zero-order valence-electron chi connectivity index (χ0n) is 20.3. The van der Waals surface area contributed by atoms with Gasteiger partial charge in [-0.1, -0.05) is 0 Å². The summed E-state index contributed by atoms with van der Waals surface area (Å²) in [6, 6.07) is 3.51. The van der Waals surface area contributed by atoms with Crippen LogP contribution in [0.2, 0.25) is 0 Å². The van der Waals surface area contributed by atoms with Gasteiger partial charge in [0.05, 0.1) is 6.61 Å². The summed E-state index contributed by atoms with van der Waals surface area (Å²) in [5, 5.41) is 10.1. The van der Waals surface area contributed by atoms with Gasteiger partial charge in [-0.2, -0.15) is 0 Å². The highest BCUT2D eigenvalue weighted by Gasteiger charge is 2.40. The zero-order valence-corrected chi connectivity index (χ0v) is 21.1. The molecule has 0 unspecified atom stereocenters. The van der Waals surface area contributed by atoms with E-state index in [-0.39, 0.29) is 47.2 Å². The van der Waals surface area contributed by atoms with E-state index in [4.69, 9.17) is 9.15 Å². The number of rotatable bonds is 3. The first-order valence-corrected chi connectivity index (χ1v) is 13.0. The smallest absolute Gasteiger partial charge is 0.311 e. The Balaban J connectivity index is 1.40. The van der Waals surface area contributed by atoms with Gasteiger partial charge in [0.1, 0.15) is 10.7 Å². The molecule has 2 aliphatic rings. The van der Waals surface area contributed by atoms with Gasteiger partial charge < -0.3 is 23.9 Å². The molecule has 0 radical (unpaired) electrons. The van der Waals surface area contributed by atoms with E-state index in [1.54, 1.807) is 13.8 Å². The minimum absolute atomic E-state index is 0.0141. The fourth-order valence-corrected chi connectivity index (χ4v) is 6.06. The Morgan fingerprint density at radius 1 is 1.24 bits per heavy atom. The van der Waals surface area contributed by atoms with Crippen molar-refractivity contribution in [3.8, 4) is 5.75 Å². The molecule has 1 aromatic carbocycles. The number of halogens is 1. The van der Waals surface area contributed by atoms with Crippen LogP contribution >= 0.6 is 0 Å². The van der Waals surface area contributed by atoms with Gasteiger partial charge in [-0.3, -0.25) is 9.59 Å². The molecule has 2 aromatic heterocycles. The van der Waals surface area contributed by atoms with E-state index in [1.807, 2.05) is 0 Å². The second-order valence-electron chi connectivity index (χ2n) is 9.17. The molecule has 4 heterocycles. The average Bonchev–Trinajstić information content (AvgIpc) is 3.42. The van der Waals surface area contributed by atoms with Crippen LogP contribution in [0.5, 0.6) is 5.75 Å². The lowest BCUT2D eigenvalue weighted by Gasteiger charge is -2.39. The van der Waals surface area contributed by atoms with Crippen molar-refractivity contribution in [2.24, 2.45) is 13.0 Å². The van der Waals surface area contributed by atoms with E-state index in [2.05, 4.69) is 20.2 Å². The molecule has 2 N–H and O–H groups in total. The number of amides is 2. The van der Waals surface area contributed by atoms with E-state index in [1.165, 1.54) is 40.9 Å². The van der Waals surface area contributed by atoms with Crippen LogP contribution in [0.3, 0.4) is 0 Å². The molecule has 2 aliphatic heterocycles. The molecule has 0 bridgehead atoms. The van der Waals surface area contributed by atoms with Crippen LogP contribution in [0.1, 0.15) is 39.0 Å². The number of piperidine rings is 1. The second-order valence-corrected chi connectivity index (χ2v) is 10.8. The summed E-state index contributed by atoms with van der Waals surface area (Å²) in [5.41, 5.74) is 0.729. The van der Waals surface area contributed by atoms with E-state index in [0.29, 0.717) is 24.2 Å². The fourth-order valence-electron chi connectivity index (χ4n) is 4.57. The Bertz CT molecular complexity index is 1500. The number of hydrogen-bond donors (Lipinski definition) is 2. The van der Waals surface area contributed by atoms with Crippen molar-refractivity contribution < 1.29 is 31.6 Å². The molecule has 14 heteroatoms. The molecule has 0 spiro atoms. The number of benzene rings is 1. The van der Waals surface area contributed by atoms with Crippen molar-refractivity contribution in [1.82, 2.24) is 24.4 Å². The fraction of sp³-hybridized carbons (Fsp3) is 0.391. The molecule has 0 saturated carbocycles. The zero-order chi connectivity index (χ0) is 26.5. The molecule has 3 aromatic rings. The third-order valence-corrected chi connectivity index (χ3v) is 8.01. The van der Waals surface area contributed by atoms with Gasteiger partial charge in [0.15, 0.2) is 11.4 Å². The minimum atomic E-state index is -4.12. The number of nitrogens with one attached hydrogen (secondary N) is 2. The van der Waals surface area contributed by atoms with Gasteiger partial charge in [0.2, 0.25) is 15.9 Å². The van der Waals surface area contributed by atoms with Crippen molar-refractivity contribution in [3.05, 3.63) is 53.3 Å². The van der Waals surface area contributed by atoms with Gasteiger partial charge in [0.25, 0.3) is 5.91 Å². The molecule has 196 valence electrons. The normalized spacial score (nSPS) is 20.7. The number of carbonyl (C=O) groups is 2. The molecule has 1 saturated heterocycles. The second kappa shape index (κ2) is 9.27. The number of hydrogen-bond acceptors (Lipinski definition) is 8. The highest BCUT2D eigenvalue weighted by molar-refractivity contribution is 7.89. The number of nitrogens with zero attached hydrogens (tertiary/aromatic N) is 4. The predicted octanol–water partition coefficient (Wildman–Crippen LogP) is 1.62. The van der Waals surface area contributed by atoms with Gasteiger partial charge in [-0.15, -0.1) is 10.2 Å². The first-order chi connectivity index (χ1) is 17.5. The topological polar surface area (TPSA) is 149 Å². The number of anilines is 1. The SMILES string of the molecule is Cc1nnc(C(=O)N2CC[C@@H]3COc4c(cn(C)c4C(=O)Nc4ccc(F)c(C)c4)S(=O)(=O)N[C@@H]3C2)o1. The summed E-state index contributed by atoms with van der Waals surface area (Å²) in [6.45, 7) is 3.70. The Kier molecular flexibility index (Phi) is 6.23. The molecule has 1 fully saturated rings. The van der Waals surface area contributed by atoms with Gasteiger partial charge in [0, 0.05) is 50.9 Å². The van der Waals surface area contributed by atoms with Gasteiger partial charge in [-0.25, -0.2) is 17.5 Å². The van der Waals surface area contributed by atoms with Gasteiger partial charge in [-0.05, 0) is 37.1 Å². The summed E-state index contributed by atoms with van der Waals surface area (Å²) in [6.07, 6.45) is 1.75. The molecule has 5 rings (SSSR count). The minimum Gasteiger partial charge on any atom is -0.489 e. The van der Waals surface area contributed by atoms with Crippen LogP contribution in [0.25, 0.3) is 0 Å². The lowest BCUT2D eigenvalue weighted by Crippen LogP contribution is -2.56. The molecular formula is C23H25FN6O6S. The number of aryl methyl sites for hydroxylation is 3. The van der Waals surface area contributed by atoms with E-state index >= 15 is 0 Å². The summed E-state index contributed by atoms with van der Waals surface area (Å²) in [5.74, 6) is -1.70. The maximum atomic E-state index is 13.6. The van der Waals surface area contributed by atoms with Crippen LogP contribution in [-0.2, 0) is 17.1 Å². The van der Waals surface area contributed by atoms with Crippen LogP contribution in [0.4, 0.5) is 10.1 Å². The van der Waals surface area contributed by atoms with E-state index in [0.717, 1.165) is 0 Å². The maximum absolute atomic E-state index is 13.6. The number of likely N-dealkylation sites (tertiary alicyclic amines) is 1. The first-order valence-electron chi connectivity index (χ1n) is 11.5. The standard InChI is InChI=1S/C23H25FN6O6S/c1-12-8-15(4-5-16(12)24)25-21(31)19-20-18(10-29(19)3)37(33,34)28-17-9-30(7-6-14(17)11-35-20)23(32)22-27-26-13(2)36-22/h4-5,8,10,14,17,28H,6-7,9,11H2,1-3H3,(H,25,31)/t14-,17-/m1/s1. The number of aromatic nitrogens is 3. The molecule has 2 amide bonds. The largest absolute Gasteiger partial charge is 0.489 e. The third kappa shape index (κ3) is 4.69. The van der Waals surface area contributed by atoms with Crippen LogP contribution in [0.15, 0.2) is 33.7 Å². The van der Waals surface area contributed by atoms with Crippen molar-refractivity contribution in [2.75, 3.05) is 25.0 Å². The van der Waals surface area contributed by atoms with Crippen LogP contribution in [0, 0.1) is 25.6 Å². The Labute approximate surface area is 211 Å². The predicted molar refractivity (Wildman–Crippen MR) is 127 cm³/mol. The van der Waals surface area contributed by atoms with Gasteiger partial charge >= 0.3 is 11.8 Å². The first kappa shape index (κ1) is 24.9. The number of ether oxygens (including phenoxy) is 1. The molecular weight excluding hydrogens is 507 g/mol. The monoisotopic (exact) mass is 532 g/mol. The van der Waals surface area contributed by atoms with Crippen LogP contribution < -0.4 is 14.8 Å².